The molecule has 0 bridgehead atoms. The van der Waals surface area contributed by atoms with Gasteiger partial charge in [-0.2, -0.15) is 0 Å². The summed E-state index contributed by atoms with van der Waals surface area (Å²) < 4.78 is 10.1. The van der Waals surface area contributed by atoms with E-state index < -0.39 is 11.8 Å². The summed E-state index contributed by atoms with van der Waals surface area (Å²) in [6.45, 7) is 8.94. The third-order valence-electron chi connectivity index (χ3n) is 1.64. The molecule has 0 unspecified atom stereocenters. The van der Waals surface area contributed by atoms with Gasteiger partial charge in [-0.15, -0.1) is 0 Å². The van der Waals surface area contributed by atoms with Crippen LogP contribution >= 0.6 is 0 Å². The highest BCUT2D eigenvalue weighted by atomic mass is 16.7. The summed E-state index contributed by atoms with van der Waals surface area (Å²) in [6.07, 6.45) is 0.842. The highest BCUT2D eigenvalue weighted by molar-refractivity contribution is 5.67. The first-order valence-corrected chi connectivity index (χ1v) is 4.96. The molecule has 0 aliphatic carbocycles. The second kappa shape index (κ2) is 4.84. The molecule has 85 valence electrons. The highest BCUT2D eigenvalue weighted by Gasteiger charge is 2.18. The Morgan fingerprint density at radius 1 is 1.50 bits per heavy atom. The molecule has 3 heteroatoms. The van der Waals surface area contributed by atoms with E-state index in [0.717, 1.165) is 0 Å². The largest absolute Gasteiger partial charge is 0.514 e. The Hall–Kier alpha value is -1.77. The molecule has 0 fully saturated rings. The van der Waals surface area contributed by atoms with E-state index in [9.17, 15) is 4.79 Å². The zero-order valence-electron chi connectivity index (χ0n) is 9.74. The third-order valence-corrected chi connectivity index (χ3v) is 1.64. The van der Waals surface area contributed by atoms with Gasteiger partial charge in [-0.25, -0.2) is 4.79 Å². The van der Waals surface area contributed by atoms with Crippen LogP contribution in [-0.2, 0) is 4.74 Å². The van der Waals surface area contributed by atoms with E-state index in [2.05, 4.69) is 12.6 Å². The molecule has 0 saturated carbocycles. The van der Waals surface area contributed by atoms with Gasteiger partial charge in [0.05, 0.1) is 0 Å². The molecule has 1 radical (unpaired) electrons. The van der Waals surface area contributed by atoms with E-state index in [0.29, 0.717) is 11.3 Å². The zero-order chi connectivity index (χ0) is 12.2. The van der Waals surface area contributed by atoms with Gasteiger partial charge >= 0.3 is 6.16 Å². The van der Waals surface area contributed by atoms with Crippen molar-refractivity contribution in [3.05, 3.63) is 36.4 Å². The number of hydrogen-bond acceptors (Lipinski definition) is 3. The predicted molar refractivity (Wildman–Crippen MR) is 62.2 cm³/mol. The molecule has 0 amide bonds. The second-order valence-corrected chi connectivity index (χ2v) is 4.22. The van der Waals surface area contributed by atoms with Gasteiger partial charge in [0.2, 0.25) is 0 Å². The molecular formula is C13H15O3. The van der Waals surface area contributed by atoms with Crippen molar-refractivity contribution < 1.29 is 14.3 Å². The lowest BCUT2D eigenvalue weighted by Crippen LogP contribution is -2.26. The van der Waals surface area contributed by atoms with Crippen molar-refractivity contribution in [2.45, 2.75) is 26.4 Å². The first kappa shape index (κ1) is 12.3. The lowest BCUT2D eigenvalue weighted by atomic mass is 10.2. The summed E-state index contributed by atoms with van der Waals surface area (Å²) in [5.41, 5.74) is 0.0672. The molecule has 3 nitrogen and oxygen atoms in total. The smallest absolute Gasteiger partial charge is 0.428 e. The molecule has 0 atom stereocenters. The van der Waals surface area contributed by atoms with Gasteiger partial charge in [0, 0.05) is 5.56 Å². The van der Waals surface area contributed by atoms with Crippen molar-refractivity contribution in [3.8, 4) is 5.75 Å². The van der Waals surface area contributed by atoms with Gasteiger partial charge in [-0.3, -0.25) is 0 Å². The Kier molecular flexibility index (Phi) is 3.72. The Bertz CT molecular complexity index is 388. The van der Waals surface area contributed by atoms with E-state index >= 15 is 0 Å². The predicted octanol–water partition coefficient (Wildman–Crippen LogP) is 3.44. The molecule has 0 heterocycles. The number of benzene rings is 1. The fourth-order valence-electron chi connectivity index (χ4n) is 1.04. The lowest BCUT2D eigenvalue weighted by molar-refractivity contribution is 0.0206. The maximum Gasteiger partial charge on any atom is 0.514 e. The van der Waals surface area contributed by atoms with Gasteiger partial charge in [-0.1, -0.05) is 24.8 Å². The van der Waals surface area contributed by atoms with Crippen molar-refractivity contribution in [2.24, 2.45) is 0 Å². The van der Waals surface area contributed by atoms with Gasteiger partial charge in [0.1, 0.15) is 11.4 Å². The molecule has 1 aromatic carbocycles. The van der Waals surface area contributed by atoms with Crippen LogP contribution in [-0.4, -0.2) is 11.8 Å². The van der Waals surface area contributed by atoms with Crippen LogP contribution in [0.5, 0.6) is 5.75 Å². The zero-order valence-corrected chi connectivity index (χ0v) is 9.74. The quantitative estimate of drug-likeness (QED) is 0.564. The summed E-state index contributed by atoms with van der Waals surface area (Å²) in [6, 6.07) is 8.02. The van der Waals surface area contributed by atoms with Gasteiger partial charge in [0.15, 0.2) is 0 Å². The van der Waals surface area contributed by atoms with E-state index in [4.69, 9.17) is 9.47 Å². The average molecular weight is 219 g/mol. The highest BCUT2D eigenvalue weighted by Crippen LogP contribution is 2.19. The van der Waals surface area contributed by atoms with Crippen LogP contribution in [0, 0.1) is 6.07 Å². The number of ether oxygens (including phenoxy) is 2. The number of hydrogen-bond donors (Lipinski definition) is 0. The molecule has 0 aliphatic heterocycles. The maximum atomic E-state index is 11.4. The second-order valence-electron chi connectivity index (χ2n) is 4.22. The van der Waals surface area contributed by atoms with E-state index in [1.807, 2.05) is 0 Å². The fourth-order valence-corrected chi connectivity index (χ4v) is 1.04. The summed E-state index contributed by atoms with van der Waals surface area (Å²) in [5.74, 6) is 0.395. The summed E-state index contributed by atoms with van der Waals surface area (Å²) >= 11 is 0. The molecule has 0 saturated heterocycles. The molecule has 16 heavy (non-hydrogen) atoms. The molecule has 0 aliphatic rings. The van der Waals surface area contributed by atoms with Crippen molar-refractivity contribution >= 4 is 12.2 Å². The Labute approximate surface area is 95.7 Å². The minimum atomic E-state index is -0.727. The Morgan fingerprint density at radius 2 is 2.19 bits per heavy atom. The van der Waals surface area contributed by atoms with Crippen molar-refractivity contribution in [1.82, 2.24) is 0 Å². The minimum absolute atomic E-state index is 0.395. The molecule has 1 aromatic rings. The standard InChI is InChI=1S/C13H15O3/c1-5-10-8-6-7-9-11(10)15-12(14)16-13(2,3)4/h5-7,9H,1H2,2-4H3. The number of carbonyl (C=O) groups is 1. The van der Waals surface area contributed by atoms with Gasteiger partial charge < -0.3 is 9.47 Å². The van der Waals surface area contributed by atoms with Crippen molar-refractivity contribution in [2.75, 3.05) is 0 Å². The van der Waals surface area contributed by atoms with Crippen LogP contribution in [0.25, 0.3) is 6.08 Å². The van der Waals surface area contributed by atoms with Crippen molar-refractivity contribution in [1.29, 1.82) is 0 Å². The average Bonchev–Trinajstić information content (AvgIpc) is 2.15. The molecule has 0 N–H and O–H groups in total. The van der Waals surface area contributed by atoms with Crippen LogP contribution in [0.3, 0.4) is 0 Å². The Morgan fingerprint density at radius 3 is 2.75 bits per heavy atom. The van der Waals surface area contributed by atoms with Crippen LogP contribution in [0.15, 0.2) is 24.8 Å². The van der Waals surface area contributed by atoms with Gasteiger partial charge in [0.25, 0.3) is 0 Å². The minimum Gasteiger partial charge on any atom is -0.428 e. The fraction of sp³-hybridized carbons (Fsp3) is 0.308. The van der Waals surface area contributed by atoms with Crippen molar-refractivity contribution in [3.63, 3.8) is 0 Å². The van der Waals surface area contributed by atoms with E-state index in [-0.39, 0.29) is 0 Å². The molecule has 0 spiro atoms. The third kappa shape index (κ3) is 3.77. The maximum absolute atomic E-state index is 11.4. The summed E-state index contributed by atoms with van der Waals surface area (Å²) in [5, 5.41) is 0. The molecule has 0 aromatic heterocycles. The molecular weight excluding hydrogens is 204 g/mol. The number of rotatable bonds is 2. The van der Waals surface area contributed by atoms with E-state index in [1.54, 1.807) is 45.0 Å². The first-order valence-electron chi connectivity index (χ1n) is 4.96. The normalized spacial score (nSPS) is 10.7. The van der Waals surface area contributed by atoms with Crippen LogP contribution in [0.4, 0.5) is 4.79 Å². The number of carbonyl (C=O) groups excluding carboxylic acids is 1. The first-order chi connectivity index (χ1) is 7.42. The topological polar surface area (TPSA) is 35.5 Å². The van der Waals surface area contributed by atoms with Crippen LogP contribution in [0.1, 0.15) is 26.3 Å². The Balaban J connectivity index is 2.73. The summed E-state index contributed by atoms with van der Waals surface area (Å²) in [7, 11) is 0. The van der Waals surface area contributed by atoms with Gasteiger partial charge in [-0.05, 0) is 32.9 Å². The van der Waals surface area contributed by atoms with Crippen LogP contribution in [0.2, 0.25) is 0 Å². The van der Waals surface area contributed by atoms with Crippen LogP contribution < -0.4 is 4.74 Å². The monoisotopic (exact) mass is 219 g/mol. The lowest BCUT2D eigenvalue weighted by Gasteiger charge is -2.19. The molecule has 1 rings (SSSR count). The summed E-state index contributed by atoms with van der Waals surface area (Å²) in [4.78, 5) is 11.4. The van der Waals surface area contributed by atoms with E-state index in [1.165, 1.54) is 0 Å². The SMILES string of the molecule is C=Cc1[c]cccc1OC(=O)OC(C)(C)C.